The number of benzene rings is 3. The Bertz CT molecular complexity index is 1210. The molecule has 0 fully saturated rings. The Morgan fingerprint density at radius 3 is 2.31 bits per heavy atom. The molecule has 0 unspecified atom stereocenters. The van der Waals surface area contributed by atoms with E-state index in [2.05, 4.69) is 26.5 Å². The number of hydrogen-bond donors (Lipinski definition) is 1. The molecule has 0 heterocycles. The summed E-state index contributed by atoms with van der Waals surface area (Å²) in [6.07, 6.45) is 0.829. The second-order valence-electron chi connectivity index (χ2n) is 7.09. The number of hydrazone groups is 1. The number of aryl methyl sites for hydroxylation is 1. The highest BCUT2D eigenvalue weighted by atomic mass is 79.9. The van der Waals surface area contributed by atoms with E-state index in [0.29, 0.717) is 11.4 Å². The van der Waals surface area contributed by atoms with Crippen LogP contribution >= 0.6 is 15.9 Å². The van der Waals surface area contributed by atoms with Crippen molar-refractivity contribution in [3.05, 3.63) is 94.5 Å². The van der Waals surface area contributed by atoms with Crippen molar-refractivity contribution in [2.24, 2.45) is 5.10 Å². The van der Waals surface area contributed by atoms with Crippen LogP contribution in [0.5, 0.6) is 0 Å². The van der Waals surface area contributed by atoms with Crippen molar-refractivity contribution in [1.29, 1.82) is 0 Å². The van der Waals surface area contributed by atoms with Crippen LogP contribution in [0.1, 0.15) is 25.0 Å². The van der Waals surface area contributed by atoms with Gasteiger partial charge in [0.05, 0.1) is 16.3 Å². The first-order valence-corrected chi connectivity index (χ1v) is 12.3. The molecule has 0 saturated heterocycles. The molecule has 6 nitrogen and oxygen atoms in total. The molecular weight excluding hydrogens is 490 g/mol. The predicted molar refractivity (Wildman–Crippen MR) is 131 cm³/mol. The Balaban J connectivity index is 1.86. The summed E-state index contributed by atoms with van der Waals surface area (Å²) in [7, 11) is -3.95. The lowest BCUT2D eigenvalue weighted by Crippen LogP contribution is -2.39. The van der Waals surface area contributed by atoms with E-state index in [0.717, 1.165) is 26.3 Å². The Labute approximate surface area is 197 Å². The van der Waals surface area contributed by atoms with Crippen LogP contribution in [0.2, 0.25) is 0 Å². The van der Waals surface area contributed by atoms with Gasteiger partial charge in [0.1, 0.15) is 6.54 Å². The number of anilines is 1. The summed E-state index contributed by atoms with van der Waals surface area (Å²) in [6.45, 7) is 3.38. The molecule has 3 aromatic carbocycles. The van der Waals surface area contributed by atoms with Crippen molar-refractivity contribution in [2.75, 3.05) is 10.8 Å². The van der Waals surface area contributed by atoms with Crippen molar-refractivity contribution in [1.82, 2.24) is 5.43 Å². The molecule has 0 aliphatic carbocycles. The van der Waals surface area contributed by atoms with Crippen molar-refractivity contribution in [3.8, 4) is 0 Å². The monoisotopic (exact) mass is 513 g/mol. The van der Waals surface area contributed by atoms with Crippen LogP contribution in [0.25, 0.3) is 0 Å². The number of nitrogens with zero attached hydrogens (tertiary/aromatic N) is 2. The number of hydrogen-bond acceptors (Lipinski definition) is 4. The van der Waals surface area contributed by atoms with E-state index >= 15 is 0 Å². The van der Waals surface area contributed by atoms with Crippen molar-refractivity contribution in [2.45, 2.75) is 25.2 Å². The van der Waals surface area contributed by atoms with Gasteiger partial charge in [0.25, 0.3) is 15.9 Å². The first kappa shape index (κ1) is 23.7. The molecule has 1 amide bonds. The fourth-order valence-electron chi connectivity index (χ4n) is 3.02. The minimum atomic E-state index is -3.95. The average Bonchev–Trinajstić information content (AvgIpc) is 2.81. The lowest BCUT2D eigenvalue weighted by Gasteiger charge is -2.24. The molecule has 0 aliphatic heterocycles. The zero-order valence-electron chi connectivity index (χ0n) is 17.8. The van der Waals surface area contributed by atoms with Crippen LogP contribution in [0.15, 0.2) is 93.3 Å². The fourth-order valence-corrected chi connectivity index (χ4v) is 4.86. The van der Waals surface area contributed by atoms with Crippen LogP contribution in [0.4, 0.5) is 5.69 Å². The molecule has 0 radical (unpaired) electrons. The van der Waals surface area contributed by atoms with E-state index in [1.807, 2.05) is 43.3 Å². The van der Waals surface area contributed by atoms with E-state index in [1.54, 1.807) is 37.3 Å². The number of nitrogens with one attached hydrogen (secondary N) is 1. The van der Waals surface area contributed by atoms with Gasteiger partial charge in [-0.2, -0.15) is 5.10 Å². The van der Waals surface area contributed by atoms with Crippen LogP contribution in [0, 0.1) is 0 Å². The van der Waals surface area contributed by atoms with Crippen molar-refractivity contribution >= 4 is 43.3 Å². The molecule has 8 heteroatoms. The number of rotatable bonds is 8. The molecule has 1 N–H and O–H groups in total. The zero-order valence-corrected chi connectivity index (χ0v) is 20.2. The van der Waals surface area contributed by atoms with Crippen LogP contribution in [0.3, 0.4) is 0 Å². The lowest BCUT2D eigenvalue weighted by molar-refractivity contribution is -0.119. The maximum absolute atomic E-state index is 13.3. The summed E-state index contributed by atoms with van der Waals surface area (Å²) < 4.78 is 28.6. The first-order chi connectivity index (χ1) is 15.3. The third kappa shape index (κ3) is 5.83. The SMILES string of the molecule is CCc1ccc(N(CC(=O)N/N=C(/C)c2cccc(Br)c2)S(=O)(=O)c2ccccc2)cc1. The summed E-state index contributed by atoms with van der Waals surface area (Å²) in [5, 5.41) is 4.14. The molecular formula is C24H24BrN3O3S. The Hall–Kier alpha value is -2.97. The van der Waals surface area contributed by atoms with Gasteiger partial charge in [-0.3, -0.25) is 9.10 Å². The van der Waals surface area contributed by atoms with Gasteiger partial charge in [0.2, 0.25) is 0 Å². The van der Waals surface area contributed by atoms with E-state index in [-0.39, 0.29) is 4.90 Å². The third-order valence-corrected chi connectivity index (χ3v) is 7.12. The average molecular weight is 514 g/mol. The van der Waals surface area contributed by atoms with Gasteiger partial charge in [-0.1, -0.05) is 65.3 Å². The third-order valence-electron chi connectivity index (χ3n) is 4.84. The maximum atomic E-state index is 13.3. The summed E-state index contributed by atoms with van der Waals surface area (Å²) in [5.74, 6) is -0.543. The maximum Gasteiger partial charge on any atom is 0.264 e. The molecule has 0 atom stereocenters. The predicted octanol–water partition coefficient (Wildman–Crippen LogP) is 4.75. The van der Waals surface area contributed by atoms with E-state index < -0.39 is 22.5 Å². The fraction of sp³-hybridized carbons (Fsp3) is 0.167. The highest BCUT2D eigenvalue weighted by molar-refractivity contribution is 9.10. The van der Waals surface area contributed by atoms with Crippen molar-refractivity contribution < 1.29 is 13.2 Å². The molecule has 0 saturated carbocycles. The molecule has 3 aromatic rings. The molecule has 166 valence electrons. The summed E-state index contributed by atoms with van der Waals surface area (Å²) >= 11 is 3.41. The number of amides is 1. The van der Waals surface area contributed by atoms with E-state index in [1.165, 1.54) is 12.1 Å². The molecule has 0 bridgehead atoms. The number of carbonyl (C=O) groups excluding carboxylic acids is 1. The summed E-state index contributed by atoms with van der Waals surface area (Å²) in [5.41, 5.74) is 5.40. The standard InChI is InChI=1S/C24H24BrN3O3S/c1-3-19-12-14-22(15-13-19)28(32(30,31)23-10-5-4-6-11-23)17-24(29)27-26-18(2)20-8-7-9-21(25)16-20/h4-16H,3,17H2,1-2H3,(H,27,29)/b26-18-. The Morgan fingerprint density at radius 1 is 1.00 bits per heavy atom. The van der Waals surface area contributed by atoms with Crippen LogP contribution in [-0.2, 0) is 21.2 Å². The van der Waals surface area contributed by atoms with Crippen molar-refractivity contribution in [3.63, 3.8) is 0 Å². The first-order valence-electron chi connectivity index (χ1n) is 10.1. The van der Waals surface area contributed by atoms with Gasteiger partial charge >= 0.3 is 0 Å². The van der Waals surface area contributed by atoms with Crippen LogP contribution in [-0.4, -0.2) is 26.6 Å². The zero-order chi connectivity index (χ0) is 23.1. The Kier molecular flexibility index (Phi) is 7.82. The second-order valence-corrected chi connectivity index (χ2v) is 9.87. The van der Waals surface area contributed by atoms with Gasteiger partial charge in [-0.25, -0.2) is 13.8 Å². The van der Waals surface area contributed by atoms with Gasteiger partial charge in [-0.15, -0.1) is 0 Å². The molecule has 0 aromatic heterocycles. The van der Waals surface area contributed by atoms with Gasteiger partial charge in [0, 0.05) is 4.47 Å². The highest BCUT2D eigenvalue weighted by Gasteiger charge is 2.27. The highest BCUT2D eigenvalue weighted by Crippen LogP contribution is 2.24. The molecule has 3 rings (SSSR count). The van der Waals surface area contributed by atoms with E-state index in [9.17, 15) is 13.2 Å². The largest absolute Gasteiger partial charge is 0.271 e. The van der Waals surface area contributed by atoms with E-state index in [4.69, 9.17) is 0 Å². The minimum Gasteiger partial charge on any atom is -0.271 e. The van der Waals surface area contributed by atoms with Crippen LogP contribution < -0.4 is 9.73 Å². The number of sulfonamides is 1. The lowest BCUT2D eigenvalue weighted by atomic mass is 10.1. The Morgan fingerprint density at radius 2 is 1.69 bits per heavy atom. The molecule has 0 aliphatic rings. The smallest absolute Gasteiger partial charge is 0.264 e. The van der Waals surface area contributed by atoms with Gasteiger partial charge in [0.15, 0.2) is 0 Å². The minimum absolute atomic E-state index is 0.112. The van der Waals surface area contributed by atoms with Gasteiger partial charge in [-0.05, 0) is 60.9 Å². The summed E-state index contributed by atoms with van der Waals surface area (Å²) in [6, 6.07) is 22.7. The topological polar surface area (TPSA) is 78.8 Å². The molecule has 0 spiro atoms. The number of halogens is 1. The quantitative estimate of drug-likeness (QED) is 0.348. The molecule has 32 heavy (non-hydrogen) atoms. The number of carbonyl (C=O) groups is 1. The second kappa shape index (κ2) is 10.6. The normalized spacial score (nSPS) is 11.8. The summed E-state index contributed by atoms with van der Waals surface area (Å²) in [4.78, 5) is 12.8. The van der Waals surface area contributed by atoms with Gasteiger partial charge < -0.3 is 0 Å².